The normalized spacial score (nSPS) is 9.45. The summed E-state index contributed by atoms with van der Waals surface area (Å²) in [5.74, 6) is 3.31. The summed E-state index contributed by atoms with van der Waals surface area (Å²) >= 11 is 0. The van der Waals surface area contributed by atoms with E-state index in [9.17, 15) is 14.0 Å². The summed E-state index contributed by atoms with van der Waals surface area (Å²) in [5.41, 5.74) is 0.500. The number of benzene rings is 1. The van der Waals surface area contributed by atoms with Gasteiger partial charge in [0.25, 0.3) is 5.91 Å². The molecule has 5 heteroatoms. The van der Waals surface area contributed by atoms with Gasteiger partial charge in [0.15, 0.2) is 12.4 Å². The Bertz CT molecular complexity index is 681. The van der Waals surface area contributed by atoms with E-state index >= 15 is 0 Å². The zero-order valence-corrected chi connectivity index (χ0v) is 10.4. The number of hydrogen-bond acceptors (Lipinski definition) is 3. The Morgan fingerprint density at radius 2 is 2.00 bits per heavy atom. The minimum absolute atomic E-state index is 0.127. The molecule has 0 atom stereocenters. The average Bonchev–Trinajstić information content (AvgIpc) is 2.99. The Morgan fingerprint density at radius 3 is 2.70 bits per heavy atom. The first kappa shape index (κ1) is 13.6. The minimum atomic E-state index is -0.896. The van der Waals surface area contributed by atoms with Crippen LogP contribution in [0.2, 0.25) is 0 Å². The zero-order chi connectivity index (χ0) is 14.4. The van der Waals surface area contributed by atoms with Gasteiger partial charge in [0, 0.05) is 0 Å². The van der Waals surface area contributed by atoms with Crippen LogP contribution in [0, 0.1) is 11.8 Å². The van der Waals surface area contributed by atoms with E-state index in [1.165, 1.54) is 18.4 Å². The van der Waals surface area contributed by atoms with Crippen LogP contribution in [0.15, 0.2) is 47.1 Å². The van der Waals surface area contributed by atoms with Crippen molar-refractivity contribution in [2.24, 2.45) is 0 Å². The van der Waals surface area contributed by atoms with Gasteiger partial charge in [-0.3, -0.25) is 9.59 Å². The fourth-order valence-corrected chi connectivity index (χ4v) is 1.56. The van der Waals surface area contributed by atoms with Crippen molar-refractivity contribution >= 4 is 17.4 Å². The molecule has 0 saturated carbocycles. The van der Waals surface area contributed by atoms with Crippen molar-refractivity contribution in [3.8, 4) is 11.8 Å². The molecule has 1 aromatic heterocycles. The Hall–Kier alpha value is -2.87. The highest BCUT2D eigenvalue weighted by Gasteiger charge is 2.13. The van der Waals surface area contributed by atoms with Gasteiger partial charge in [-0.1, -0.05) is 18.1 Å². The van der Waals surface area contributed by atoms with Gasteiger partial charge in [0.1, 0.15) is 0 Å². The Balaban J connectivity index is 2.24. The predicted octanol–water partition coefficient (Wildman–Crippen LogP) is 2.69. The lowest BCUT2D eigenvalue weighted by Gasteiger charge is -2.06. The maximum atomic E-state index is 12.0. The molecule has 2 aromatic rings. The fourth-order valence-electron chi connectivity index (χ4n) is 1.56. The van der Waals surface area contributed by atoms with Crippen molar-refractivity contribution in [1.29, 1.82) is 0 Å². The number of nitrogens with one attached hydrogen (secondary N) is 1. The van der Waals surface area contributed by atoms with Crippen molar-refractivity contribution in [3.05, 3.63) is 54.0 Å². The molecule has 0 saturated heterocycles. The van der Waals surface area contributed by atoms with Crippen molar-refractivity contribution in [1.82, 2.24) is 0 Å². The SMILES string of the molecule is O=C(Nc1ccccc1C(=O)C#CCF)c1ccco1. The third-order valence-electron chi connectivity index (χ3n) is 2.43. The highest BCUT2D eigenvalue weighted by molar-refractivity contribution is 6.15. The summed E-state index contributed by atoms with van der Waals surface area (Å²) in [6.07, 6.45) is 1.37. The molecule has 0 spiro atoms. The first-order valence-corrected chi connectivity index (χ1v) is 5.75. The van der Waals surface area contributed by atoms with Gasteiger partial charge in [0.05, 0.1) is 17.5 Å². The van der Waals surface area contributed by atoms with Gasteiger partial charge in [-0.2, -0.15) is 0 Å². The van der Waals surface area contributed by atoms with Crippen LogP contribution >= 0.6 is 0 Å². The van der Waals surface area contributed by atoms with E-state index in [-0.39, 0.29) is 11.3 Å². The lowest BCUT2D eigenvalue weighted by atomic mass is 10.1. The highest BCUT2D eigenvalue weighted by Crippen LogP contribution is 2.16. The summed E-state index contributed by atoms with van der Waals surface area (Å²) in [6.45, 7) is -0.896. The molecule has 0 aliphatic carbocycles. The summed E-state index contributed by atoms with van der Waals surface area (Å²) in [4.78, 5) is 23.6. The topological polar surface area (TPSA) is 59.3 Å². The lowest BCUT2D eigenvalue weighted by molar-refractivity contribution is 0.0996. The third-order valence-corrected chi connectivity index (χ3v) is 2.43. The van der Waals surface area contributed by atoms with Gasteiger partial charge < -0.3 is 9.73 Å². The van der Waals surface area contributed by atoms with Gasteiger partial charge in [0.2, 0.25) is 5.78 Å². The van der Waals surface area contributed by atoms with E-state index in [0.717, 1.165) is 0 Å². The number of amides is 1. The molecule has 0 aliphatic rings. The second-order valence-electron chi connectivity index (χ2n) is 3.74. The number of para-hydroxylation sites is 1. The highest BCUT2D eigenvalue weighted by atomic mass is 19.1. The number of anilines is 1. The average molecular weight is 271 g/mol. The number of hydrogen-bond donors (Lipinski definition) is 1. The van der Waals surface area contributed by atoms with Crippen molar-refractivity contribution in [3.63, 3.8) is 0 Å². The van der Waals surface area contributed by atoms with Crippen LogP contribution in [0.1, 0.15) is 20.9 Å². The summed E-state index contributed by atoms with van der Waals surface area (Å²) in [6, 6.07) is 9.45. The fraction of sp³-hybridized carbons (Fsp3) is 0.0667. The monoisotopic (exact) mass is 271 g/mol. The maximum absolute atomic E-state index is 12.0. The Morgan fingerprint density at radius 1 is 1.20 bits per heavy atom. The predicted molar refractivity (Wildman–Crippen MR) is 71.2 cm³/mol. The molecule has 100 valence electrons. The standard InChI is InChI=1S/C15H10FNO3/c16-9-3-7-13(18)11-5-1-2-6-12(11)17-15(19)14-8-4-10-20-14/h1-2,4-6,8,10H,9H2,(H,17,19). The number of carbonyl (C=O) groups is 2. The van der Waals surface area contributed by atoms with Gasteiger partial charge in [-0.05, 0) is 30.2 Å². The molecule has 1 aromatic carbocycles. The molecule has 1 N–H and O–H groups in total. The lowest BCUT2D eigenvalue weighted by Crippen LogP contribution is -2.13. The molecule has 0 bridgehead atoms. The van der Waals surface area contributed by atoms with Crippen LogP contribution < -0.4 is 5.32 Å². The second kappa shape index (κ2) is 6.34. The van der Waals surface area contributed by atoms with E-state index in [0.29, 0.717) is 5.69 Å². The maximum Gasteiger partial charge on any atom is 0.291 e. The Kier molecular flexibility index (Phi) is 4.30. The van der Waals surface area contributed by atoms with E-state index in [1.807, 2.05) is 0 Å². The Labute approximate surface area is 114 Å². The van der Waals surface area contributed by atoms with Gasteiger partial charge >= 0.3 is 0 Å². The molecule has 1 heterocycles. The van der Waals surface area contributed by atoms with Crippen LogP contribution in [-0.4, -0.2) is 18.4 Å². The molecule has 2 rings (SSSR count). The summed E-state index contributed by atoms with van der Waals surface area (Å²) < 4.78 is 16.9. The molecular formula is C15H10FNO3. The molecule has 1 amide bonds. The third kappa shape index (κ3) is 3.12. The van der Waals surface area contributed by atoms with E-state index in [2.05, 4.69) is 17.2 Å². The van der Waals surface area contributed by atoms with Crippen molar-refractivity contribution in [2.45, 2.75) is 0 Å². The number of furan rings is 1. The van der Waals surface area contributed by atoms with Gasteiger partial charge in [-0.15, -0.1) is 0 Å². The molecule has 20 heavy (non-hydrogen) atoms. The number of rotatable bonds is 3. The minimum Gasteiger partial charge on any atom is -0.459 e. The van der Waals surface area contributed by atoms with Crippen LogP contribution in [0.3, 0.4) is 0 Å². The summed E-state index contributed by atoms with van der Waals surface area (Å²) in [5, 5.41) is 2.56. The van der Waals surface area contributed by atoms with Crippen molar-refractivity contribution in [2.75, 3.05) is 12.0 Å². The first-order chi connectivity index (χ1) is 9.72. The number of Topliss-reactive ketones (excluding diaryl/α,β-unsaturated/α-hetero) is 1. The molecule has 0 unspecified atom stereocenters. The van der Waals surface area contributed by atoms with Crippen LogP contribution in [0.4, 0.5) is 10.1 Å². The van der Waals surface area contributed by atoms with Crippen LogP contribution in [0.5, 0.6) is 0 Å². The smallest absolute Gasteiger partial charge is 0.291 e. The summed E-state index contributed by atoms with van der Waals surface area (Å²) in [7, 11) is 0. The first-order valence-electron chi connectivity index (χ1n) is 5.75. The van der Waals surface area contributed by atoms with Crippen molar-refractivity contribution < 1.29 is 18.4 Å². The molecule has 0 fully saturated rings. The zero-order valence-electron chi connectivity index (χ0n) is 10.4. The molecule has 4 nitrogen and oxygen atoms in total. The van der Waals surface area contributed by atoms with Crippen LogP contribution in [0.25, 0.3) is 0 Å². The molecular weight excluding hydrogens is 261 g/mol. The largest absolute Gasteiger partial charge is 0.459 e. The second-order valence-corrected chi connectivity index (χ2v) is 3.74. The van der Waals surface area contributed by atoms with Crippen LogP contribution in [-0.2, 0) is 0 Å². The van der Waals surface area contributed by atoms with E-state index in [1.54, 1.807) is 24.3 Å². The number of carbonyl (C=O) groups excluding carboxylic acids is 2. The molecule has 0 radical (unpaired) electrons. The number of ketones is 1. The quantitative estimate of drug-likeness (QED) is 0.530. The number of halogens is 1. The number of alkyl halides is 1. The van der Waals surface area contributed by atoms with E-state index in [4.69, 9.17) is 4.42 Å². The van der Waals surface area contributed by atoms with E-state index < -0.39 is 18.4 Å². The van der Waals surface area contributed by atoms with Gasteiger partial charge in [-0.25, -0.2) is 4.39 Å². The molecule has 0 aliphatic heterocycles.